The molecule has 0 aromatic heterocycles. The smallest absolute Gasteiger partial charge is 0.379 e. The summed E-state index contributed by atoms with van der Waals surface area (Å²) in [6.45, 7) is 9.24. The van der Waals surface area contributed by atoms with Crippen LogP contribution in [-0.4, -0.2) is 18.4 Å². The summed E-state index contributed by atoms with van der Waals surface area (Å²) < 4.78 is 4.56. The Labute approximate surface area is 84.4 Å². The minimum Gasteiger partial charge on any atom is -0.455 e. The molecule has 0 aliphatic rings. The van der Waals surface area contributed by atoms with Gasteiger partial charge in [0.25, 0.3) is 5.78 Å². The molecule has 0 bridgehead atoms. The van der Waals surface area contributed by atoms with Crippen molar-refractivity contribution in [3.8, 4) is 0 Å². The lowest BCUT2D eigenvalue weighted by atomic mass is 9.96. The second-order valence-electron chi connectivity index (χ2n) is 3.95. The maximum Gasteiger partial charge on any atom is 0.379 e. The molecule has 14 heavy (non-hydrogen) atoms. The van der Waals surface area contributed by atoms with Gasteiger partial charge >= 0.3 is 5.97 Å². The van der Waals surface area contributed by atoms with Crippen LogP contribution >= 0.6 is 0 Å². The minimum absolute atomic E-state index is 0.0634. The maximum atomic E-state index is 11.1. The largest absolute Gasteiger partial charge is 0.455 e. The Kier molecular flexibility index (Phi) is 4.84. The fourth-order valence-corrected chi connectivity index (χ4v) is 0.599. The summed E-state index contributed by atoms with van der Waals surface area (Å²) in [6.07, 6.45) is 4.33. The third-order valence-corrected chi connectivity index (χ3v) is 1.27. The molecule has 0 heterocycles. The van der Waals surface area contributed by atoms with E-state index in [1.807, 2.05) is 20.8 Å². The summed E-state index contributed by atoms with van der Waals surface area (Å²) in [5.74, 6) is -1.48. The molecule has 0 rings (SSSR count). The van der Waals surface area contributed by atoms with Crippen LogP contribution in [0.2, 0.25) is 0 Å². The van der Waals surface area contributed by atoms with E-state index in [4.69, 9.17) is 0 Å². The second-order valence-corrected chi connectivity index (χ2v) is 3.95. The molecule has 0 aliphatic carbocycles. The molecular weight excluding hydrogens is 180 g/mol. The second kappa shape index (κ2) is 5.37. The number of ether oxygens (including phenoxy) is 1. The molecule has 3 heteroatoms. The fraction of sp³-hybridized carbons (Fsp3) is 0.455. The van der Waals surface area contributed by atoms with Gasteiger partial charge in [0.05, 0.1) is 0 Å². The number of carbonyl (C=O) groups is 2. The summed E-state index contributed by atoms with van der Waals surface area (Å²) >= 11 is 0. The fourth-order valence-electron chi connectivity index (χ4n) is 0.599. The number of hydrogen-bond acceptors (Lipinski definition) is 3. The summed E-state index contributed by atoms with van der Waals surface area (Å²) in [5.41, 5.74) is -0.117. The molecule has 0 aromatic rings. The van der Waals surface area contributed by atoms with Gasteiger partial charge in [0.1, 0.15) is 6.61 Å². The molecule has 0 unspecified atom stereocenters. The van der Waals surface area contributed by atoms with Gasteiger partial charge in [-0.1, -0.05) is 39.5 Å². The normalized spacial score (nSPS) is 11.4. The highest BCUT2D eigenvalue weighted by molar-refractivity contribution is 6.38. The number of esters is 1. The van der Waals surface area contributed by atoms with Gasteiger partial charge in [-0.2, -0.15) is 0 Å². The third kappa shape index (κ3) is 6.17. The molecule has 0 aromatic carbocycles. The Bertz CT molecular complexity index is 256. The van der Waals surface area contributed by atoms with Gasteiger partial charge in [0.15, 0.2) is 0 Å². The average molecular weight is 196 g/mol. The molecule has 3 nitrogen and oxygen atoms in total. The lowest BCUT2D eigenvalue weighted by Crippen LogP contribution is -2.15. The Morgan fingerprint density at radius 1 is 1.36 bits per heavy atom. The molecule has 0 amide bonds. The van der Waals surface area contributed by atoms with Crippen molar-refractivity contribution in [3.05, 3.63) is 24.8 Å². The van der Waals surface area contributed by atoms with E-state index in [0.29, 0.717) is 0 Å². The topological polar surface area (TPSA) is 43.4 Å². The van der Waals surface area contributed by atoms with Crippen molar-refractivity contribution < 1.29 is 14.3 Å². The zero-order valence-electron chi connectivity index (χ0n) is 8.87. The van der Waals surface area contributed by atoms with E-state index in [-0.39, 0.29) is 12.0 Å². The number of hydrogen-bond donors (Lipinski definition) is 0. The predicted octanol–water partition coefficient (Wildman–Crippen LogP) is 1.89. The van der Waals surface area contributed by atoms with Crippen molar-refractivity contribution in [1.82, 2.24) is 0 Å². The quantitative estimate of drug-likeness (QED) is 0.298. The highest BCUT2D eigenvalue weighted by Crippen LogP contribution is 2.14. The number of allylic oxidation sites excluding steroid dienone is 1. The maximum absolute atomic E-state index is 11.1. The van der Waals surface area contributed by atoms with E-state index >= 15 is 0 Å². The number of rotatable bonds is 4. The van der Waals surface area contributed by atoms with Gasteiger partial charge in [0, 0.05) is 0 Å². The third-order valence-electron chi connectivity index (χ3n) is 1.27. The molecular formula is C11H16O3. The SMILES string of the molecule is C=CCOC(=O)C(=O)/C=C/C(C)(C)C. The van der Waals surface area contributed by atoms with Crippen LogP contribution in [0.25, 0.3) is 0 Å². The van der Waals surface area contributed by atoms with Gasteiger partial charge in [-0.05, 0) is 11.5 Å². The summed E-state index contributed by atoms with van der Waals surface area (Å²) in [7, 11) is 0. The molecule has 0 N–H and O–H groups in total. The predicted molar refractivity (Wildman–Crippen MR) is 54.8 cm³/mol. The Morgan fingerprint density at radius 3 is 2.36 bits per heavy atom. The van der Waals surface area contributed by atoms with Crippen LogP contribution in [0.15, 0.2) is 24.8 Å². The van der Waals surface area contributed by atoms with Crippen molar-refractivity contribution in [3.63, 3.8) is 0 Å². The number of carbonyl (C=O) groups excluding carboxylic acids is 2. The van der Waals surface area contributed by atoms with E-state index < -0.39 is 11.8 Å². The molecule has 78 valence electrons. The van der Waals surface area contributed by atoms with Crippen molar-refractivity contribution >= 4 is 11.8 Å². The van der Waals surface area contributed by atoms with Crippen LogP contribution in [0.5, 0.6) is 0 Å². The van der Waals surface area contributed by atoms with Gasteiger partial charge < -0.3 is 4.74 Å². The first kappa shape index (κ1) is 12.6. The summed E-state index contributed by atoms with van der Waals surface area (Å²) in [5, 5.41) is 0. The first-order chi connectivity index (χ1) is 6.37. The minimum atomic E-state index is -0.842. The highest BCUT2D eigenvalue weighted by Gasteiger charge is 2.12. The first-order valence-electron chi connectivity index (χ1n) is 4.38. The standard InChI is InChI=1S/C11H16O3/c1-5-8-14-10(13)9(12)6-7-11(2,3)4/h5-7H,1,8H2,2-4H3/b7-6+. The van der Waals surface area contributed by atoms with Crippen LogP contribution in [0.4, 0.5) is 0 Å². The lowest BCUT2D eigenvalue weighted by Gasteiger charge is -2.10. The first-order valence-corrected chi connectivity index (χ1v) is 4.38. The molecule has 0 fully saturated rings. The van der Waals surface area contributed by atoms with Crippen LogP contribution < -0.4 is 0 Å². The van der Waals surface area contributed by atoms with E-state index in [0.717, 1.165) is 0 Å². The lowest BCUT2D eigenvalue weighted by molar-refractivity contribution is -0.150. The van der Waals surface area contributed by atoms with E-state index in [1.165, 1.54) is 12.2 Å². The van der Waals surface area contributed by atoms with Gasteiger partial charge in [-0.15, -0.1) is 0 Å². The van der Waals surface area contributed by atoms with Crippen LogP contribution in [0, 0.1) is 5.41 Å². The molecule has 0 saturated carbocycles. The van der Waals surface area contributed by atoms with E-state index in [2.05, 4.69) is 11.3 Å². The molecule has 0 atom stereocenters. The van der Waals surface area contributed by atoms with E-state index in [1.54, 1.807) is 6.08 Å². The molecule has 0 aliphatic heterocycles. The summed E-state index contributed by atoms with van der Waals surface area (Å²) in [4.78, 5) is 22.0. The van der Waals surface area contributed by atoms with Gasteiger partial charge in [0.2, 0.25) is 0 Å². The number of ketones is 1. The van der Waals surface area contributed by atoms with Gasteiger partial charge in [-0.25, -0.2) is 4.79 Å². The Balaban J connectivity index is 4.15. The summed E-state index contributed by atoms with van der Waals surface area (Å²) in [6, 6.07) is 0. The zero-order chi connectivity index (χ0) is 11.2. The van der Waals surface area contributed by atoms with Crippen molar-refractivity contribution in [2.45, 2.75) is 20.8 Å². The van der Waals surface area contributed by atoms with E-state index in [9.17, 15) is 9.59 Å². The Morgan fingerprint density at radius 2 is 1.93 bits per heavy atom. The molecule has 0 saturated heterocycles. The van der Waals surface area contributed by atoms with Crippen molar-refractivity contribution in [1.29, 1.82) is 0 Å². The van der Waals surface area contributed by atoms with Gasteiger partial charge in [-0.3, -0.25) is 4.79 Å². The molecule has 0 spiro atoms. The van der Waals surface area contributed by atoms with Crippen LogP contribution in [0.3, 0.4) is 0 Å². The molecule has 0 radical (unpaired) electrons. The van der Waals surface area contributed by atoms with Crippen LogP contribution in [0.1, 0.15) is 20.8 Å². The monoisotopic (exact) mass is 196 g/mol. The highest BCUT2D eigenvalue weighted by atomic mass is 16.5. The van der Waals surface area contributed by atoms with Crippen LogP contribution in [-0.2, 0) is 14.3 Å². The van der Waals surface area contributed by atoms with Crippen molar-refractivity contribution in [2.24, 2.45) is 5.41 Å². The Hall–Kier alpha value is -1.38. The van der Waals surface area contributed by atoms with Crippen molar-refractivity contribution in [2.75, 3.05) is 6.61 Å². The average Bonchev–Trinajstić information content (AvgIpc) is 2.09. The zero-order valence-corrected chi connectivity index (χ0v) is 8.87.